The van der Waals surface area contributed by atoms with Crippen molar-refractivity contribution in [3.05, 3.63) is 28.2 Å². The maximum atomic E-state index is 11.5. The Labute approximate surface area is 118 Å². The summed E-state index contributed by atoms with van der Waals surface area (Å²) in [7, 11) is 0. The number of ether oxygens (including phenoxy) is 1. The number of benzene rings is 1. The van der Waals surface area contributed by atoms with Crippen LogP contribution in [0.15, 0.2) is 22.7 Å². The van der Waals surface area contributed by atoms with Gasteiger partial charge in [0, 0.05) is 4.47 Å². The van der Waals surface area contributed by atoms with Crippen molar-refractivity contribution in [2.45, 2.75) is 46.0 Å². The van der Waals surface area contributed by atoms with Crippen LogP contribution >= 0.6 is 15.9 Å². The van der Waals surface area contributed by atoms with Gasteiger partial charge in [0.25, 0.3) is 0 Å². The highest BCUT2D eigenvalue weighted by Gasteiger charge is 2.08. The van der Waals surface area contributed by atoms with Crippen LogP contribution in [-0.2, 0) is 0 Å². The molecule has 0 aromatic heterocycles. The first-order valence-electron chi connectivity index (χ1n) is 6.58. The molecule has 0 fully saturated rings. The van der Waals surface area contributed by atoms with Gasteiger partial charge < -0.3 is 4.74 Å². The van der Waals surface area contributed by atoms with Crippen molar-refractivity contribution in [3.63, 3.8) is 0 Å². The molecule has 0 heterocycles. The third-order valence-corrected chi connectivity index (χ3v) is 3.32. The molecule has 0 spiro atoms. The molecular formula is C15H21BrO2. The summed E-state index contributed by atoms with van der Waals surface area (Å²) < 4.78 is 6.65. The van der Waals surface area contributed by atoms with E-state index in [0.29, 0.717) is 17.9 Å². The molecule has 0 unspecified atom stereocenters. The molecule has 0 aliphatic heterocycles. The van der Waals surface area contributed by atoms with Gasteiger partial charge in [0.05, 0.1) is 12.2 Å². The summed E-state index contributed by atoms with van der Waals surface area (Å²) in [5, 5.41) is 0. The van der Waals surface area contributed by atoms with Gasteiger partial charge in [-0.2, -0.15) is 0 Å². The lowest BCUT2D eigenvalue weighted by molar-refractivity contribution is 0.101. The highest BCUT2D eigenvalue weighted by molar-refractivity contribution is 9.10. The fourth-order valence-electron chi connectivity index (χ4n) is 1.79. The number of carbonyl (C=O) groups excluding carboxylic acids is 1. The molecule has 1 aromatic carbocycles. The van der Waals surface area contributed by atoms with Crippen LogP contribution in [0.5, 0.6) is 5.75 Å². The lowest BCUT2D eigenvalue weighted by Crippen LogP contribution is -2.03. The highest BCUT2D eigenvalue weighted by Crippen LogP contribution is 2.24. The SMILES string of the molecule is CCCCCCCOc1cc(Br)ccc1C(C)=O. The molecule has 0 bridgehead atoms. The topological polar surface area (TPSA) is 26.3 Å². The first kappa shape index (κ1) is 15.2. The zero-order valence-electron chi connectivity index (χ0n) is 11.2. The third kappa shape index (κ3) is 5.21. The summed E-state index contributed by atoms with van der Waals surface area (Å²) in [5.74, 6) is 0.732. The number of unbranched alkanes of at least 4 members (excludes halogenated alkanes) is 4. The van der Waals surface area contributed by atoms with Gasteiger partial charge in [0.2, 0.25) is 0 Å². The van der Waals surface area contributed by atoms with E-state index < -0.39 is 0 Å². The molecule has 1 aromatic rings. The normalized spacial score (nSPS) is 10.4. The Balaban J connectivity index is 2.45. The van der Waals surface area contributed by atoms with Crippen LogP contribution in [0.3, 0.4) is 0 Å². The summed E-state index contributed by atoms with van der Waals surface area (Å²) in [6, 6.07) is 5.53. The molecule has 0 atom stereocenters. The van der Waals surface area contributed by atoms with Crippen molar-refractivity contribution in [2.75, 3.05) is 6.61 Å². The van der Waals surface area contributed by atoms with Crippen molar-refractivity contribution >= 4 is 21.7 Å². The Kier molecular flexibility index (Phi) is 7.02. The summed E-state index contributed by atoms with van der Waals surface area (Å²) >= 11 is 3.40. The average molecular weight is 313 g/mol. The molecule has 0 aliphatic carbocycles. The number of hydrogen-bond acceptors (Lipinski definition) is 2. The summed E-state index contributed by atoms with van der Waals surface area (Å²) in [4.78, 5) is 11.5. The quantitative estimate of drug-likeness (QED) is 0.498. The van der Waals surface area contributed by atoms with Gasteiger partial charge in [-0.15, -0.1) is 0 Å². The standard InChI is InChI=1S/C15H21BrO2/c1-3-4-5-6-7-10-18-15-11-13(16)8-9-14(15)12(2)17/h8-9,11H,3-7,10H2,1-2H3. The monoisotopic (exact) mass is 312 g/mol. The lowest BCUT2D eigenvalue weighted by Gasteiger charge is -2.10. The minimum absolute atomic E-state index is 0.0449. The van der Waals surface area contributed by atoms with E-state index in [9.17, 15) is 4.79 Å². The van der Waals surface area contributed by atoms with Crippen molar-refractivity contribution in [1.29, 1.82) is 0 Å². The predicted octanol–water partition coefficient (Wildman–Crippen LogP) is 5.00. The summed E-state index contributed by atoms with van der Waals surface area (Å²) in [5.41, 5.74) is 0.659. The van der Waals surface area contributed by atoms with Crippen LogP contribution in [-0.4, -0.2) is 12.4 Å². The highest BCUT2D eigenvalue weighted by atomic mass is 79.9. The number of Topliss-reactive ketones (excluding diaryl/α,β-unsaturated/α-hetero) is 1. The fourth-order valence-corrected chi connectivity index (χ4v) is 2.13. The molecule has 100 valence electrons. The minimum atomic E-state index is 0.0449. The largest absolute Gasteiger partial charge is 0.493 e. The van der Waals surface area contributed by atoms with Crippen LogP contribution in [0.1, 0.15) is 56.3 Å². The zero-order chi connectivity index (χ0) is 13.4. The Morgan fingerprint density at radius 2 is 1.94 bits per heavy atom. The van der Waals surface area contributed by atoms with E-state index in [2.05, 4.69) is 22.9 Å². The number of ketones is 1. The predicted molar refractivity (Wildman–Crippen MR) is 78.4 cm³/mol. The van der Waals surface area contributed by atoms with Crippen molar-refractivity contribution in [3.8, 4) is 5.75 Å². The molecule has 1 rings (SSSR count). The number of rotatable bonds is 8. The molecule has 0 N–H and O–H groups in total. The van der Waals surface area contributed by atoms with E-state index in [0.717, 1.165) is 10.9 Å². The average Bonchev–Trinajstić information content (AvgIpc) is 2.33. The van der Waals surface area contributed by atoms with Gasteiger partial charge in [-0.05, 0) is 31.5 Å². The van der Waals surface area contributed by atoms with E-state index in [1.807, 2.05) is 12.1 Å². The van der Waals surface area contributed by atoms with Crippen molar-refractivity contribution in [2.24, 2.45) is 0 Å². The molecule has 0 aliphatic rings. The van der Waals surface area contributed by atoms with Gasteiger partial charge in [0.1, 0.15) is 5.75 Å². The summed E-state index contributed by atoms with van der Waals surface area (Å²) in [6.45, 7) is 4.45. The second-order valence-electron chi connectivity index (χ2n) is 4.46. The Morgan fingerprint density at radius 3 is 2.61 bits per heavy atom. The van der Waals surface area contributed by atoms with E-state index in [-0.39, 0.29) is 5.78 Å². The molecule has 0 saturated carbocycles. The molecule has 0 radical (unpaired) electrons. The number of hydrogen-bond donors (Lipinski definition) is 0. The maximum Gasteiger partial charge on any atom is 0.163 e. The fraction of sp³-hybridized carbons (Fsp3) is 0.533. The molecule has 0 saturated heterocycles. The smallest absolute Gasteiger partial charge is 0.163 e. The molecule has 2 nitrogen and oxygen atoms in total. The Morgan fingerprint density at radius 1 is 1.22 bits per heavy atom. The van der Waals surface area contributed by atoms with Crippen LogP contribution in [0.4, 0.5) is 0 Å². The molecular weight excluding hydrogens is 292 g/mol. The second-order valence-corrected chi connectivity index (χ2v) is 5.38. The van der Waals surface area contributed by atoms with E-state index in [1.54, 1.807) is 13.0 Å². The van der Waals surface area contributed by atoms with Gasteiger partial charge in [-0.1, -0.05) is 48.5 Å². The Hall–Kier alpha value is -0.830. The van der Waals surface area contributed by atoms with Gasteiger partial charge in [-0.25, -0.2) is 0 Å². The van der Waals surface area contributed by atoms with Crippen LogP contribution in [0.2, 0.25) is 0 Å². The van der Waals surface area contributed by atoms with E-state index >= 15 is 0 Å². The van der Waals surface area contributed by atoms with E-state index in [1.165, 1.54) is 25.7 Å². The van der Waals surface area contributed by atoms with Crippen LogP contribution in [0, 0.1) is 0 Å². The van der Waals surface area contributed by atoms with Crippen molar-refractivity contribution < 1.29 is 9.53 Å². The second kappa shape index (κ2) is 8.30. The first-order chi connectivity index (χ1) is 8.65. The first-order valence-corrected chi connectivity index (χ1v) is 7.37. The molecule has 0 amide bonds. The molecule has 3 heteroatoms. The number of carbonyl (C=O) groups is 1. The van der Waals surface area contributed by atoms with E-state index in [4.69, 9.17) is 4.74 Å². The third-order valence-electron chi connectivity index (χ3n) is 2.83. The lowest BCUT2D eigenvalue weighted by atomic mass is 10.1. The van der Waals surface area contributed by atoms with Crippen LogP contribution < -0.4 is 4.74 Å². The summed E-state index contributed by atoms with van der Waals surface area (Å²) in [6.07, 6.45) is 6.04. The minimum Gasteiger partial charge on any atom is -0.493 e. The van der Waals surface area contributed by atoms with Gasteiger partial charge in [0.15, 0.2) is 5.78 Å². The maximum absolute atomic E-state index is 11.5. The Bertz CT molecular complexity index is 388. The number of halogens is 1. The van der Waals surface area contributed by atoms with Crippen molar-refractivity contribution in [1.82, 2.24) is 0 Å². The van der Waals surface area contributed by atoms with Crippen LogP contribution in [0.25, 0.3) is 0 Å². The van der Waals surface area contributed by atoms with Gasteiger partial charge in [-0.3, -0.25) is 4.79 Å². The van der Waals surface area contributed by atoms with Gasteiger partial charge >= 0.3 is 0 Å². The zero-order valence-corrected chi connectivity index (χ0v) is 12.8. The molecule has 18 heavy (non-hydrogen) atoms.